The Morgan fingerprint density at radius 3 is 2.41 bits per heavy atom. The molecule has 0 heterocycles. The molecule has 0 saturated carbocycles. The fourth-order valence-electron chi connectivity index (χ4n) is 1.65. The van der Waals surface area contributed by atoms with Gasteiger partial charge in [-0.1, -0.05) is 41.4 Å². The van der Waals surface area contributed by atoms with Gasteiger partial charge in [0.1, 0.15) is 6.10 Å². The maximum atomic E-state index is 10.3. The molecule has 88 valence electrons. The molecule has 0 aliphatic heterocycles. The van der Waals surface area contributed by atoms with Gasteiger partial charge in [0.15, 0.2) is 0 Å². The first-order valence-electron chi connectivity index (χ1n) is 5.07. The fraction of sp³-hybridized carbons (Fsp3) is 0.0769. The summed E-state index contributed by atoms with van der Waals surface area (Å²) in [7, 11) is 0. The number of hydrogen-bond donors (Lipinski definition) is 2. The lowest BCUT2D eigenvalue weighted by Crippen LogP contribution is -2.04. The Morgan fingerprint density at radius 2 is 1.71 bits per heavy atom. The van der Waals surface area contributed by atoms with E-state index >= 15 is 0 Å². The summed E-state index contributed by atoms with van der Waals surface area (Å²) in [6, 6.07) is 12.1. The smallest absolute Gasteiger partial charge is 0.108 e. The van der Waals surface area contributed by atoms with Gasteiger partial charge in [0, 0.05) is 26.9 Å². The maximum absolute atomic E-state index is 10.3. The van der Waals surface area contributed by atoms with Crippen molar-refractivity contribution in [1.29, 1.82) is 0 Å². The van der Waals surface area contributed by atoms with Crippen molar-refractivity contribution in [3.05, 3.63) is 63.6 Å². The highest BCUT2D eigenvalue weighted by molar-refractivity contribution is 6.31. The van der Waals surface area contributed by atoms with E-state index in [4.69, 9.17) is 28.9 Å². The Labute approximate surface area is 110 Å². The molecule has 4 heteroatoms. The monoisotopic (exact) mass is 267 g/mol. The molecule has 0 fully saturated rings. The van der Waals surface area contributed by atoms with Crippen LogP contribution in [0.5, 0.6) is 0 Å². The third-order valence-electron chi connectivity index (χ3n) is 2.54. The van der Waals surface area contributed by atoms with Gasteiger partial charge in [-0.3, -0.25) is 0 Å². The fourth-order valence-corrected chi connectivity index (χ4v) is 2.07. The molecule has 0 aromatic heterocycles. The topological polar surface area (TPSA) is 46.2 Å². The van der Waals surface area contributed by atoms with Crippen molar-refractivity contribution in [3.8, 4) is 0 Å². The third-order valence-corrected chi connectivity index (χ3v) is 3.12. The van der Waals surface area contributed by atoms with Crippen molar-refractivity contribution >= 4 is 28.9 Å². The van der Waals surface area contributed by atoms with Crippen LogP contribution in [0.4, 0.5) is 5.69 Å². The second-order valence-electron chi connectivity index (χ2n) is 3.70. The van der Waals surface area contributed by atoms with Gasteiger partial charge in [-0.2, -0.15) is 0 Å². The summed E-state index contributed by atoms with van der Waals surface area (Å²) in [5, 5.41) is 11.3. The van der Waals surface area contributed by atoms with Crippen molar-refractivity contribution < 1.29 is 5.11 Å². The molecule has 2 nitrogen and oxygen atoms in total. The minimum absolute atomic E-state index is 0.488. The summed E-state index contributed by atoms with van der Waals surface area (Å²) in [5.41, 5.74) is 7.48. The molecular formula is C13H11Cl2NO. The van der Waals surface area contributed by atoms with Crippen LogP contribution in [0.1, 0.15) is 17.2 Å². The summed E-state index contributed by atoms with van der Waals surface area (Å²) in [6.45, 7) is 0. The summed E-state index contributed by atoms with van der Waals surface area (Å²) >= 11 is 11.9. The minimum atomic E-state index is -0.873. The largest absolute Gasteiger partial charge is 0.398 e. The second kappa shape index (κ2) is 4.96. The van der Waals surface area contributed by atoms with Gasteiger partial charge < -0.3 is 10.8 Å². The normalized spacial score (nSPS) is 12.4. The van der Waals surface area contributed by atoms with E-state index in [-0.39, 0.29) is 0 Å². The number of halogens is 2. The minimum Gasteiger partial charge on any atom is -0.398 e. The number of rotatable bonds is 2. The second-order valence-corrected chi connectivity index (χ2v) is 4.54. The van der Waals surface area contributed by atoms with Gasteiger partial charge in [0.25, 0.3) is 0 Å². The first-order chi connectivity index (χ1) is 8.09. The van der Waals surface area contributed by atoms with Gasteiger partial charge in [0.05, 0.1) is 0 Å². The van der Waals surface area contributed by atoms with Crippen LogP contribution >= 0.6 is 23.2 Å². The zero-order chi connectivity index (χ0) is 12.4. The van der Waals surface area contributed by atoms with Crippen molar-refractivity contribution in [1.82, 2.24) is 0 Å². The molecule has 2 aromatic carbocycles. The van der Waals surface area contributed by atoms with Crippen LogP contribution in [0.2, 0.25) is 10.0 Å². The van der Waals surface area contributed by atoms with E-state index in [1.807, 2.05) is 6.07 Å². The molecule has 0 unspecified atom stereocenters. The molecule has 2 aromatic rings. The first kappa shape index (κ1) is 12.2. The van der Waals surface area contributed by atoms with Gasteiger partial charge in [-0.15, -0.1) is 0 Å². The quantitative estimate of drug-likeness (QED) is 0.816. The highest BCUT2D eigenvalue weighted by Gasteiger charge is 2.16. The molecule has 0 radical (unpaired) electrons. The number of nitrogen functional groups attached to an aromatic ring is 1. The molecule has 3 N–H and O–H groups in total. The Bertz CT molecular complexity index is 543. The lowest BCUT2D eigenvalue weighted by molar-refractivity contribution is 0.221. The van der Waals surface area contributed by atoms with Crippen LogP contribution in [0.25, 0.3) is 0 Å². The van der Waals surface area contributed by atoms with Crippen LogP contribution in [0.3, 0.4) is 0 Å². The lowest BCUT2D eigenvalue weighted by atomic mass is 10.00. The van der Waals surface area contributed by atoms with Crippen LogP contribution in [-0.2, 0) is 0 Å². The van der Waals surface area contributed by atoms with E-state index in [2.05, 4.69) is 0 Å². The summed E-state index contributed by atoms with van der Waals surface area (Å²) in [4.78, 5) is 0. The van der Waals surface area contributed by atoms with E-state index in [1.54, 1.807) is 36.4 Å². The van der Waals surface area contributed by atoms with Crippen molar-refractivity contribution in [3.63, 3.8) is 0 Å². The van der Waals surface area contributed by atoms with Crippen LogP contribution < -0.4 is 5.73 Å². The molecule has 0 saturated heterocycles. The highest BCUT2D eigenvalue weighted by atomic mass is 35.5. The molecule has 2 rings (SSSR count). The summed E-state index contributed by atoms with van der Waals surface area (Å²) in [6.07, 6.45) is -0.873. The number of anilines is 1. The number of hydrogen-bond acceptors (Lipinski definition) is 2. The van der Waals surface area contributed by atoms with E-state index in [1.165, 1.54) is 0 Å². The molecule has 17 heavy (non-hydrogen) atoms. The van der Waals surface area contributed by atoms with Crippen LogP contribution in [-0.4, -0.2) is 5.11 Å². The van der Waals surface area contributed by atoms with Crippen LogP contribution in [0, 0.1) is 0 Å². The van der Waals surface area contributed by atoms with E-state index in [0.29, 0.717) is 26.9 Å². The van der Waals surface area contributed by atoms with Gasteiger partial charge in [-0.25, -0.2) is 0 Å². The third kappa shape index (κ3) is 2.55. The summed E-state index contributed by atoms with van der Waals surface area (Å²) in [5.74, 6) is 0. The SMILES string of the molecule is Nc1ccc(Cl)cc1[C@@H](O)c1ccccc1Cl. The predicted octanol–water partition coefficient (Wildman–Crippen LogP) is 3.66. The Morgan fingerprint density at radius 1 is 1.00 bits per heavy atom. The zero-order valence-corrected chi connectivity index (χ0v) is 10.4. The molecule has 0 bridgehead atoms. The zero-order valence-electron chi connectivity index (χ0n) is 8.90. The molecule has 1 atom stereocenters. The van der Waals surface area contributed by atoms with Crippen molar-refractivity contribution in [2.45, 2.75) is 6.10 Å². The van der Waals surface area contributed by atoms with Gasteiger partial charge in [0.2, 0.25) is 0 Å². The van der Waals surface area contributed by atoms with Crippen LogP contribution in [0.15, 0.2) is 42.5 Å². The average molecular weight is 268 g/mol. The highest BCUT2D eigenvalue weighted by Crippen LogP contribution is 2.32. The lowest BCUT2D eigenvalue weighted by Gasteiger charge is -2.15. The number of benzene rings is 2. The van der Waals surface area contributed by atoms with E-state index in [9.17, 15) is 5.11 Å². The summed E-state index contributed by atoms with van der Waals surface area (Å²) < 4.78 is 0. The van der Waals surface area contributed by atoms with Gasteiger partial charge in [-0.05, 0) is 24.3 Å². The Kier molecular flexibility index (Phi) is 3.57. The standard InChI is InChI=1S/C13H11Cl2NO/c14-8-5-6-12(16)10(7-8)13(17)9-3-1-2-4-11(9)15/h1-7,13,17H,16H2/t13-/m0/s1. The van der Waals surface area contributed by atoms with Crippen molar-refractivity contribution in [2.75, 3.05) is 5.73 Å². The van der Waals surface area contributed by atoms with Gasteiger partial charge >= 0.3 is 0 Å². The number of aliphatic hydroxyl groups is 1. The number of nitrogens with two attached hydrogens (primary N) is 1. The Balaban J connectivity index is 2.47. The van der Waals surface area contributed by atoms with E-state index in [0.717, 1.165) is 0 Å². The predicted molar refractivity (Wildman–Crippen MR) is 71.4 cm³/mol. The molecule has 0 aliphatic carbocycles. The average Bonchev–Trinajstić information content (AvgIpc) is 2.32. The molecule has 0 spiro atoms. The Hall–Kier alpha value is -1.22. The number of aliphatic hydroxyl groups excluding tert-OH is 1. The van der Waals surface area contributed by atoms with E-state index < -0.39 is 6.10 Å². The molecule has 0 aliphatic rings. The van der Waals surface area contributed by atoms with Crippen molar-refractivity contribution in [2.24, 2.45) is 0 Å². The first-order valence-corrected chi connectivity index (χ1v) is 5.82. The molecular weight excluding hydrogens is 257 g/mol. The maximum Gasteiger partial charge on any atom is 0.108 e. The molecule has 0 amide bonds.